The second kappa shape index (κ2) is 9.19. The Hall–Kier alpha value is -2.46. The molecule has 1 saturated heterocycles. The summed E-state index contributed by atoms with van der Waals surface area (Å²) in [5.41, 5.74) is -0.494. The van der Waals surface area contributed by atoms with Crippen molar-refractivity contribution in [2.75, 3.05) is 13.1 Å². The van der Waals surface area contributed by atoms with Crippen molar-refractivity contribution in [3.8, 4) is 0 Å². The molecule has 0 spiro atoms. The van der Waals surface area contributed by atoms with E-state index >= 15 is 0 Å². The molecule has 0 aromatic heterocycles. The summed E-state index contributed by atoms with van der Waals surface area (Å²) < 4.78 is 0. The minimum absolute atomic E-state index is 0.0359. The lowest BCUT2D eigenvalue weighted by Gasteiger charge is -2.43. The molecule has 1 atom stereocenters. The first-order valence-corrected chi connectivity index (χ1v) is 12.0. The molecule has 170 valence electrons. The number of aliphatic hydroxyl groups is 1. The highest BCUT2D eigenvalue weighted by molar-refractivity contribution is 6.00. The number of carbonyl (C=O) groups is 2. The highest BCUT2D eigenvalue weighted by atomic mass is 16.3. The van der Waals surface area contributed by atoms with Crippen molar-refractivity contribution in [1.82, 2.24) is 4.90 Å². The Kier molecular flexibility index (Phi) is 6.52. The quantitative estimate of drug-likeness (QED) is 0.636. The standard InChI is InChI=1S/C28H35NO3/c1-27(2,25(30)21-11-5-3-6-12-21)22-17-19-29(20-18-22)26(31)28(32,24-15-9-10-16-24)23-13-7-4-8-14-23/h3-8,11-14,22,24,32H,9-10,15-20H2,1-2H3. The average molecular weight is 434 g/mol. The van der Waals surface area contributed by atoms with E-state index in [1.807, 2.05) is 79.4 Å². The summed E-state index contributed by atoms with van der Waals surface area (Å²) in [6, 6.07) is 18.9. The van der Waals surface area contributed by atoms with Gasteiger partial charge in [0.15, 0.2) is 11.4 Å². The van der Waals surface area contributed by atoms with Crippen LogP contribution in [0.15, 0.2) is 60.7 Å². The Morgan fingerprint density at radius 1 is 0.812 bits per heavy atom. The van der Waals surface area contributed by atoms with Gasteiger partial charge in [0.25, 0.3) is 5.91 Å². The van der Waals surface area contributed by atoms with Crippen LogP contribution in [0.3, 0.4) is 0 Å². The molecule has 4 nitrogen and oxygen atoms in total. The lowest BCUT2D eigenvalue weighted by Crippen LogP contribution is -2.54. The van der Waals surface area contributed by atoms with E-state index in [4.69, 9.17) is 0 Å². The van der Waals surface area contributed by atoms with Crippen LogP contribution in [0.4, 0.5) is 0 Å². The maximum Gasteiger partial charge on any atom is 0.259 e. The smallest absolute Gasteiger partial charge is 0.259 e. The van der Waals surface area contributed by atoms with Crippen molar-refractivity contribution >= 4 is 11.7 Å². The van der Waals surface area contributed by atoms with Gasteiger partial charge in [-0.05, 0) is 37.2 Å². The summed E-state index contributed by atoms with van der Waals surface area (Å²) in [6.45, 7) is 5.22. The summed E-state index contributed by atoms with van der Waals surface area (Å²) in [5.74, 6) is 0.164. The lowest BCUT2D eigenvalue weighted by molar-refractivity contribution is -0.161. The second-order valence-electron chi connectivity index (χ2n) is 10.1. The van der Waals surface area contributed by atoms with E-state index in [0.29, 0.717) is 18.7 Å². The molecule has 4 rings (SSSR count). The number of ketones is 1. The maximum atomic E-state index is 13.7. The zero-order valence-electron chi connectivity index (χ0n) is 19.3. The van der Waals surface area contributed by atoms with E-state index in [-0.39, 0.29) is 23.5 Å². The fourth-order valence-electron chi connectivity index (χ4n) is 5.76. The van der Waals surface area contributed by atoms with Gasteiger partial charge in [-0.3, -0.25) is 9.59 Å². The normalized spacial score (nSPS) is 20.2. The fourth-order valence-corrected chi connectivity index (χ4v) is 5.76. The second-order valence-corrected chi connectivity index (χ2v) is 10.1. The van der Waals surface area contributed by atoms with Gasteiger partial charge >= 0.3 is 0 Å². The van der Waals surface area contributed by atoms with Crippen LogP contribution in [0.5, 0.6) is 0 Å². The Morgan fingerprint density at radius 3 is 1.91 bits per heavy atom. The number of rotatable bonds is 6. The first kappa shape index (κ1) is 22.7. The zero-order valence-corrected chi connectivity index (χ0v) is 19.3. The number of Topliss-reactive ketones (excluding diaryl/α,β-unsaturated/α-hetero) is 1. The third kappa shape index (κ3) is 4.13. The Morgan fingerprint density at radius 2 is 1.34 bits per heavy atom. The molecule has 1 saturated carbocycles. The molecule has 1 amide bonds. The van der Waals surface area contributed by atoms with Crippen molar-refractivity contribution in [2.45, 2.75) is 58.0 Å². The summed E-state index contributed by atoms with van der Waals surface area (Å²) in [5, 5.41) is 11.8. The van der Waals surface area contributed by atoms with E-state index < -0.39 is 11.0 Å². The Balaban J connectivity index is 1.49. The number of benzene rings is 2. The molecule has 1 N–H and O–H groups in total. The summed E-state index contributed by atoms with van der Waals surface area (Å²) in [4.78, 5) is 28.7. The van der Waals surface area contributed by atoms with Gasteiger partial charge < -0.3 is 10.0 Å². The largest absolute Gasteiger partial charge is 0.375 e. The van der Waals surface area contributed by atoms with Gasteiger partial charge in [0.1, 0.15) is 0 Å². The minimum atomic E-state index is -1.46. The van der Waals surface area contributed by atoms with Gasteiger partial charge in [-0.25, -0.2) is 0 Å². The molecule has 2 fully saturated rings. The third-order valence-electron chi connectivity index (χ3n) is 7.91. The molecule has 2 aliphatic rings. The van der Waals surface area contributed by atoms with Crippen LogP contribution < -0.4 is 0 Å². The molecular formula is C28H35NO3. The van der Waals surface area contributed by atoms with Crippen LogP contribution in [-0.4, -0.2) is 34.8 Å². The summed E-state index contributed by atoms with van der Waals surface area (Å²) in [7, 11) is 0. The van der Waals surface area contributed by atoms with Crippen LogP contribution in [0.2, 0.25) is 0 Å². The summed E-state index contributed by atoms with van der Waals surface area (Å²) in [6.07, 6.45) is 5.42. The predicted octanol–water partition coefficient (Wildman–Crippen LogP) is 5.21. The van der Waals surface area contributed by atoms with E-state index in [1.165, 1.54) is 0 Å². The van der Waals surface area contributed by atoms with Gasteiger partial charge in [0.05, 0.1) is 0 Å². The van der Waals surface area contributed by atoms with Gasteiger partial charge in [0, 0.05) is 30.0 Å². The number of amides is 1. The summed E-state index contributed by atoms with van der Waals surface area (Å²) >= 11 is 0. The van der Waals surface area contributed by atoms with Crippen molar-refractivity contribution in [3.05, 3.63) is 71.8 Å². The van der Waals surface area contributed by atoms with E-state index in [0.717, 1.165) is 44.1 Å². The number of hydrogen-bond acceptors (Lipinski definition) is 3. The topological polar surface area (TPSA) is 57.6 Å². The highest BCUT2D eigenvalue weighted by Crippen LogP contribution is 2.43. The molecule has 1 unspecified atom stereocenters. The molecule has 2 aromatic carbocycles. The monoisotopic (exact) mass is 433 g/mol. The molecule has 0 radical (unpaired) electrons. The lowest BCUT2D eigenvalue weighted by atomic mass is 9.69. The number of nitrogens with zero attached hydrogens (tertiary/aromatic N) is 1. The van der Waals surface area contributed by atoms with Crippen molar-refractivity contribution < 1.29 is 14.7 Å². The van der Waals surface area contributed by atoms with E-state index in [1.54, 1.807) is 0 Å². The zero-order chi connectivity index (χ0) is 22.8. The molecule has 4 heteroatoms. The molecule has 32 heavy (non-hydrogen) atoms. The number of hydrogen-bond donors (Lipinski definition) is 1. The fraction of sp³-hybridized carbons (Fsp3) is 0.500. The minimum Gasteiger partial charge on any atom is -0.375 e. The third-order valence-corrected chi connectivity index (χ3v) is 7.91. The first-order chi connectivity index (χ1) is 15.3. The first-order valence-electron chi connectivity index (χ1n) is 12.0. The van der Waals surface area contributed by atoms with Gasteiger partial charge in [-0.15, -0.1) is 0 Å². The van der Waals surface area contributed by atoms with Crippen LogP contribution in [-0.2, 0) is 10.4 Å². The molecule has 0 bridgehead atoms. The molecule has 1 aliphatic heterocycles. The maximum absolute atomic E-state index is 13.7. The molecular weight excluding hydrogens is 398 g/mol. The van der Waals surface area contributed by atoms with Crippen molar-refractivity contribution in [3.63, 3.8) is 0 Å². The van der Waals surface area contributed by atoms with Gasteiger partial charge in [0.2, 0.25) is 0 Å². The average Bonchev–Trinajstić information content (AvgIpc) is 3.39. The van der Waals surface area contributed by atoms with Crippen molar-refractivity contribution in [2.24, 2.45) is 17.3 Å². The van der Waals surface area contributed by atoms with E-state index in [9.17, 15) is 14.7 Å². The number of likely N-dealkylation sites (tertiary alicyclic amines) is 1. The van der Waals surface area contributed by atoms with Crippen molar-refractivity contribution in [1.29, 1.82) is 0 Å². The Labute approximate surface area is 191 Å². The van der Waals surface area contributed by atoms with Gasteiger partial charge in [-0.2, -0.15) is 0 Å². The van der Waals surface area contributed by atoms with Crippen LogP contribution >= 0.6 is 0 Å². The number of piperidine rings is 1. The van der Waals surface area contributed by atoms with Crippen LogP contribution in [0.1, 0.15) is 68.3 Å². The Bertz CT molecular complexity index is 926. The van der Waals surface area contributed by atoms with E-state index in [2.05, 4.69) is 0 Å². The molecule has 2 aromatic rings. The highest BCUT2D eigenvalue weighted by Gasteiger charge is 2.49. The number of carbonyl (C=O) groups excluding carboxylic acids is 2. The van der Waals surface area contributed by atoms with Gasteiger partial charge in [-0.1, -0.05) is 87.4 Å². The predicted molar refractivity (Wildman–Crippen MR) is 126 cm³/mol. The molecule has 1 aliphatic carbocycles. The van der Waals surface area contributed by atoms with Crippen LogP contribution in [0.25, 0.3) is 0 Å². The molecule has 1 heterocycles. The SMILES string of the molecule is CC(C)(C(=O)c1ccccc1)C1CCN(C(=O)C(O)(c2ccccc2)C2CCCC2)CC1. The van der Waals surface area contributed by atoms with Crippen LogP contribution in [0, 0.1) is 17.3 Å².